The van der Waals surface area contributed by atoms with Gasteiger partial charge < -0.3 is 10.0 Å². The van der Waals surface area contributed by atoms with Gasteiger partial charge >= 0.3 is 0 Å². The minimum Gasteiger partial charge on any atom is -0.396 e. The summed E-state index contributed by atoms with van der Waals surface area (Å²) in [4.78, 5) is 5.18. The summed E-state index contributed by atoms with van der Waals surface area (Å²) in [5.74, 6) is 1.08. The molecule has 2 heterocycles. The molecule has 2 aliphatic rings. The van der Waals surface area contributed by atoms with Crippen molar-refractivity contribution in [1.29, 1.82) is 0 Å². The average Bonchev–Trinajstić information content (AvgIpc) is 2.97. The zero-order chi connectivity index (χ0) is 16.1. The van der Waals surface area contributed by atoms with Gasteiger partial charge in [-0.2, -0.15) is 0 Å². The molecule has 3 nitrogen and oxygen atoms in total. The summed E-state index contributed by atoms with van der Waals surface area (Å²) in [5, 5.41) is 9.81. The second kappa shape index (κ2) is 8.27. The van der Waals surface area contributed by atoms with E-state index in [1.165, 1.54) is 50.0 Å². The van der Waals surface area contributed by atoms with E-state index in [1.54, 1.807) is 0 Å². The van der Waals surface area contributed by atoms with Crippen LogP contribution in [0.15, 0.2) is 24.3 Å². The fourth-order valence-electron chi connectivity index (χ4n) is 4.35. The Morgan fingerprint density at radius 2 is 1.65 bits per heavy atom. The number of piperidine rings is 1. The number of hydrogen-bond acceptors (Lipinski definition) is 3. The highest BCUT2D eigenvalue weighted by molar-refractivity contribution is 5.27. The second-order valence-corrected chi connectivity index (χ2v) is 7.38. The molecule has 0 radical (unpaired) electrons. The van der Waals surface area contributed by atoms with E-state index in [0.29, 0.717) is 18.4 Å². The molecule has 0 spiro atoms. The van der Waals surface area contributed by atoms with Crippen molar-refractivity contribution < 1.29 is 5.11 Å². The number of likely N-dealkylation sites (tertiary alicyclic amines) is 2. The second-order valence-electron chi connectivity index (χ2n) is 7.38. The monoisotopic (exact) mass is 316 g/mol. The zero-order valence-electron chi connectivity index (χ0n) is 14.6. The van der Waals surface area contributed by atoms with Gasteiger partial charge in [0.25, 0.3) is 0 Å². The summed E-state index contributed by atoms with van der Waals surface area (Å²) < 4.78 is 0. The maximum Gasteiger partial charge on any atom is 0.0475 e. The quantitative estimate of drug-likeness (QED) is 0.874. The molecule has 2 aliphatic heterocycles. The van der Waals surface area contributed by atoms with Crippen molar-refractivity contribution >= 4 is 0 Å². The molecule has 2 fully saturated rings. The van der Waals surface area contributed by atoms with Gasteiger partial charge in [-0.3, -0.25) is 4.90 Å². The van der Waals surface area contributed by atoms with Gasteiger partial charge in [-0.05, 0) is 55.3 Å². The van der Waals surface area contributed by atoms with Gasteiger partial charge in [0.1, 0.15) is 0 Å². The van der Waals surface area contributed by atoms with E-state index in [2.05, 4.69) is 41.0 Å². The molecule has 1 aromatic carbocycles. The number of rotatable bonds is 6. The molecule has 2 atom stereocenters. The highest BCUT2D eigenvalue weighted by Crippen LogP contribution is 2.27. The third-order valence-corrected chi connectivity index (χ3v) is 5.72. The van der Waals surface area contributed by atoms with Crippen LogP contribution in [0.1, 0.15) is 37.3 Å². The molecular weight excluding hydrogens is 284 g/mol. The van der Waals surface area contributed by atoms with Crippen LogP contribution >= 0.6 is 0 Å². The number of hydrogen-bond donors (Lipinski definition) is 1. The van der Waals surface area contributed by atoms with E-state index < -0.39 is 0 Å². The van der Waals surface area contributed by atoms with Crippen LogP contribution in [0.3, 0.4) is 0 Å². The van der Waals surface area contributed by atoms with Crippen molar-refractivity contribution in [3.8, 4) is 0 Å². The van der Waals surface area contributed by atoms with Crippen molar-refractivity contribution in [3.63, 3.8) is 0 Å². The van der Waals surface area contributed by atoms with Crippen molar-refractivity contribution in [3.05, 3.63) is 35.4 Å². The zero-order valence-corrected chi connectivity index (χ0v) is 14.6. The van der Waals surface area contributed by atoms with E-state index in [9.17, 15) is 5.11 Å². The smallest absolute Gasteiger partial charge is 0.0475 e. The highest BCUT2D eigenvalue weighted by Gasteiger charge is 2.33. The topological polar surface area (TPSA) is 26.7 Å². The van der Waals surface area contributed by atoms with E-state index in [4.69, 9.17) is 0 Å². The number of aliphatic hydroxyl groups excluding tert-OH is 1. The first-order chi connectivity index (χ1) is 11.3. The fraction of sp³-hybridized carbons (Fsp3) is 0.700. The molecule has 0 saturated carbocycles. The number of benzene rings is 1. The summed E-state index contributed by atoms with van der Waals surface area (Å²) in [6.45, 7) is 9.49. The summed E-state index contributed by atoms with van der Waals surface area (Å²) >= 11 is 0. The highest BCUT2D eigenvalue weighted by atomic mass is 16.3. The summed E-state index contributed by atoms with van der Waals surface area (Å²) in [6, 6.07) is 8.81. The number of aliphatic hydroxyl groups is 1. The fourth-order valence-corrected chi connectivity index (χ4v) is 4.35. The Labute approximate surface area is 141 Å². The molecule has 23 heavy (non-hydrogen) atoms. The lowest BCUT2D eigenvalue weighted by Gasteiger charge is -2.30. The molecule has 3 heteroatoms. The standard InChI is InChI=1S/C20H32N2O/c1-2-17-8-4-5-9-18(17)12-22-14-19(20(15-22)16-23)13-21-10-6-3-7-11-21/h4-5,8-9,19-20,23H,2-3,6-7,10-16H2,1H3/t19-,20-/m1/s1. The maximum atomic E-state index is 9.81. The minimum absolute atomic E-state index is 0.338. The van der Waals surface area contributed by atoms with Crippen LogP contribution in [-0.2, 0) is 13.0 Å². The first kappa shape index (κ1) is 16.9. The lowest BCUT2D eigenvalue weighted by molar-refractivity contribution is 0.149. The Balaban J connectivity index is 1.59. The van der Waals surface area contributed by atoms with E-state index in [-0.39, 0.29) is 0 Å². The average molecular weight is 316 g/mol. The molecule has 3 rings (SSSR count). The van der Waals surface area contributed by atoms with Gasteiger partial charge in [-0.1, -0.05) is 37.6 Å². The largest absolute Gasteiger partial charge is 0.396 e. The van der Waals surface area contributed by atoms with E-state index in [1.807, 2.05) is 0 Å². The Morgan fingerprint density at radius 3 is 2.35 bits per heavy atom. The van der Waals surface area contributed by atoms with Crippen LogP contribution in [0.4, 0.5) is 0 Å². The van der Waals surface area contributed by atoms with Gasteiger partial charge in [0.15, 0.2) is 0 Å². The van der Waals surface area contributed by atoms with Crippen molar-refractivity contribution in [2.75, 3.05) is 39.3 Å². The van der Waals surface area contributed by atoms with Crippen LogP contribution in [-0.4, -0.2) is 54.2 Å². The molecule has 2 saturated heterocycles. The predicted octanol–water partition coefficient (Wildman–Crippen LogP) is 2.78. The third kappa shape index (κ3) is 4.34. The summed E-state index contributed by atoms with van der Waals surface area (Å²) in [7, 11) is 0. The van der Waals surface area contributed by atoms with E-state index >= 15 is 0 Å². The molecule has 0 aromatic heterocycles. The number of aryl methyl sites for hydroxylation is 1. The third-order valence-electron chi connectivity index (χ3n) is 5.72. The van der Waals surface area contributed by atoms with Crippen LogP contribution in [0, 0.1) is 11.8 Å². The number of nitrogens with zero attached hydrogens (tertiary/aromatic N) is 2. The minimum atomic E-state index is 0.338. The first-order valence-electron chi connectivity index (χ1n) is 9.42. The van der Waals surface area contributed by atoms with Crippen LogP contribution in [0.25, 0.3) is 0 Å². The molecule has 0 bridgehead atoms. The van der Waals surface area contributed by atoms with Crippen LogP contribution in [0.5, 0.6) is 0 Å². The molecular formula is C20H32N2O. The Kier molecular flexibility index (Phi) is 6.09. The van der Waals surface area contributed by atoms with Crippen molar-refractivity contribution in [1.82, 2.24) is 9.80 Å². The van der Waals surface area contributed by atoms with Crippen molar-refractivity contribution in [2.24, 2.45) is 11.8 Å². The van der Waals surface area contributed by atoms with Crippen molar-refractivity contribution in [2.45, 2.75) is 39.2 Å². The van der Waals surface area contributed by atoms with Gasteiger partial charge in [-0.25, -0.2) is 0 Å². The molecule has 1 N–H and O–H groups in total. The normalized spacial score (nSPS) is 26.7. The Morgan fingerprint density at radius 1 is 0.957 bits per heavy atom. The maximum absolute atomic E-state index is 9.81. The van der Waals surface area contributed by atoms with Crippen LogP contribution < -0.4 is 0 Å². The molecule has 1 aromatic rings. The lowest BCUT2D eigenvalue weighted by Crippen LogP contribution is -2.37. The molecule has 0 unspecified atom stereocenters. The molecule has 0 aliphatic carbocycles. The van der Waals surface area contributed by atoms with Crippen LogP contribution in [0.2, 0.25) is 0 Å². The van der Waals surface area contributed by atoms with Gasteiger partial charge in [0.05, 0.1) is 0 Å². The Hall–Kier alpha value is -0.900. The SMILES string of the molecule is CCc1ccccc1CN1C[C@@H](CN2CCCCC2)[C@@H](CO)C1. The lowest BCUT2D eigenvalue weighted by atomic mass is 9.95. The first-order valence-corrected chi connectivity index (χ1v) is 9.42. The van der Waals surface area contributed by atoms with E-state index in [0.717, 1.165) is 26.1 Å². The Bertz CT molecular complexity index is 484. The predicted molar refractivity (Wildman–Crippen MR) is 95.5 cm³/mol. The summed E-state index contributed by atoms with van der Waals surface area (Å²) in [5.41, 5.74) is 2.93. The van der Waals surface area contributed by atoms with Gasteiger partial charge in [0.2, 0.25) is 0 Å². The molecule has 128 valence electrons. The molecule has 0 amide bonds. The summed E-state index contributed by atoms with van der Waals surface area (Å²) in [6.07, 6.45) is 5.20. The van der Waals surface area contributed by atoms with Gasteiger partial charge in [-0.15, -0.1) is 0 Å². The van der Waals surface area contributed by atoms with Gasteiger partial charge in [0, 0.05) is 32.8 Å².